The monoisotopic (exact) mass is 457 g/mol. The Labute approximate surface area is 167 Å². The fraction of sp³-hybridized carbons (Fsp3) is 0. The van der Waals surface area contributed by atoms with Crippen LogP contribution in [0.2, 0.25) is 0 Å². The van der Waals surface area contributed by atoms with Crippen molar-refractivity contribution in [3.05, 3.63) is 76.4 Å². The van der Waals surface area contributed by atoms with Crippen molar-refractivity contribution in [2.75, 3.05) is 0 Å². The van der Waals surface area contributed by atoms with Crippen molar-refractivity contribution < 1.29 is 4.42 Å². The molecule has 0 spiro atoms. The first-order valence-electron chi connectivity index (χ1n) is 8.99. The van der Waals surface area contributed by atoms with E-state index >= 15 is 0 Å². The molecule has 0 saturated heterocycles. The summed E-state index contributed by atoms with van der Waals surface area (Å²) in [5.74, 6) is 0. The minimum Gasteiger partial charge on any atom is -0.455 e. The van der Waals surface area contributed by atoms with Crippen LogP contribution in [0.4, 0.5) is 0 Å². The van der Waals surface area contributed by atoms with Crippen molar-refractivity contribution in [3.8, 4) is 0 Å². The molecule has 3 aromatic heterocycles. The molecule has 4 aromatic carbocycles. The number of rotatable bonds is 0. The Balaban J connectivity index is 1.94. The van der Waals surface area contributed by atoms with Crippen molar-refractivity contribution in [2.45, 2.75) is 0 Å². The van der Waals surface area contributed by atoms with Gasteiger partial charge in [-0.25, -0.2) is 0 Å². The second-order valence-electron chi connectivity index (χ2n) is 7.14. The molecule has 27 heavy (non-hydrogen) atoms. The molecule has 0 saturated carbocycles. The van der Waals surface area contributed by atoms with Crippen LogP contribution in [0.1, 0.15) is 0 Å². The number of hydrogen-bond acceptors (Lipinski definition) is 1. The van der Waals surface area contributed by atoms with E-state index in [1.54, 1.807) is 0 Å². The molecule has 2 nitrogen and oxygen atoms in total. The maximum Gasteiger partial charge on any atom is 0.145 e. The van der Waals surface area contributed by atoms with E-state index in [2.05, 4.69) is 93.7 Å². The molecular weight excluding hydrogens is 445 g/mol. The molecule has 3 heteroatoms. The van der Waals surface area contributed by atoms with Gasteiger partial charge in [-0.1, -0.05) is 42.5 Å². The van der Waals surface area contributed by atoms with Crippen molar-refractivity contribution >= 4 is 82.6 Å². The summed E-state index contributed by atoms with van der Waals surface area (Å²) in [6, 6.07) is 26.0. The van der Waals surface area contributed by atoms with Crippen molar-refractivity contribution in [3.63, 3.8) is 0 Å². The third-order valence-electron chi connectivity index (χ3n) is 5.77. The number of benzene rings is 4. The lowest BCUT2D eigenvalue weighted by Gasteiger charge is -1.98. The standard InChI is InChI=1S/C24H12INO/c25-13-9-10-14-17-12-18-15-5-2-4-8-21(15)27-24(18)22-16-6-1-3-7-19(16)26(23(17)22)20(14)11-13/h1-12H. The van der Waals surface area contributed by atoms with Gasteiger partial charge in [0.1, 0.15) is 11.2 Å². The molecule has 0 unspecified atom stereocenters. The molecule has 7 aromatic rings. The molecule has 0 aliphatic rings. The molecule has 126 valence electrons. The second-order valence-corrected chi connectivity index (χ2v) is 8.38. The van der Waals surface area contributed by atoms with Crippen LogP contribution in [-0.2, 0) is 0 Å². The quantitative estimate of drug-likeness (QED) is 0.218. The zero-order chi connectivity index (χ0) is 17.7. The van der Waals surface area contributed by atoms with Crippen LogP contribution in [-0.4, -0.2) is 4.40 Å². The van der Waals surface area contributed by atoms with Gasteiger partial charge in [0.2, 0.25) is 0 Å². The maximum absolute atomic E-state index is 6.38. The van der Waals surface area contributed by atoms with Gasteiger partial charge in [0.15, 0.2) is 0 Å². The van der Waals surface area contributed by atoms with Gasteiger partial charge in [0.05, 0.1) is 21.9 Å². The van der Waals surface area contributed by atoms with E-state index in [1.165, 1.54) is 52.4 Å². The molecule has 0 aliphatic heterocycles. The van der Waals surface area contributed by atoms with Crippen molar-refractivity contribution in [2.24, 2.45) is 0 Å². The third kappa shape index (κ3) is 1.62. The Morgan fingerprint density at radius 2 is 1.48 bits per heavy atom. The van der Waals surface area contributed by atoms with Gasteiger partial charge in [0, 0.05) is 30.5 Å². The Morgan fingerprint density at radius 1 is 0.667 bits per heavy atom. The maximum atomic E-state index is 6.38. The lowest BCUT2D eigenvalue weighted by molar-refractivity contribution is 0.673. The SMILES string of the molecule is Ic1ccc2c3cc4c5ccccc5oc4c4c5ccccc5n(c2c1)c34. The van der Waals surface area contributed by atoms with E-state index in [0.717, 1.165) is 11.2 Å². The predicted molar refractivity (Wildman–Crippen MR) is 121 cm³/mol. The van der Waals surface area contributed by atoms with E-state index in [0.29, 0.717) is 0 Å². The van der Waals surface area contributed by atoms with Crippen LogP contribution in [0.15, 0.2) is 77.2 Å². The number of furan rings is 1. The normalized spacial score (nSPS) is 12.6. The smallest absolute Gasteiger partial charge is 0.145 e. The van der Waals surface area contributed by atoms with Gasteiger partial charge >= 0.3 is 0 Å². The lowest BCUT2D eigenvalue weighted by Crippen LogP contribution is -1.80. The second kappa shape index (κ2) is 4.73. The highest BCUT2D eigenvalue weighted by atomic mass is 127. The first-order valence-corrected chi connectivity index (χ1v) is 10.1. The van der Waals surface area contributed by atoms with Crippen molar-refractivity contribution in [1.82, 2.24) is 4.40 Å². The molecule has 3 heterocycles. The Morgan fingerprint density at radius 3 is 2.41 bits per heavy atom. The molecule has 0 amide bonds. The van der Waals surface area contributed by atoms with E-state index in [9.17, 15) is 0 Å². The van der Waals surface area contributed by atoms with Crippen LogP contribution in [0.5, 0.6) is 0 Å². The van der Waals surface area contributed by atoms with Crippen LogP contribution in [0.25, 0.3) is 60.0 Å². The van der Waals surface area contributed by atoms with Crippen molar-refractivity contribution in [1.29, 1.82) is 0 Å². The highest BCUT2D eigenvalue weighted by Crippen LogP contribution is 2.45. The van der Waals surface area contributed by atoms with Gasteiger partial charge in [-0.15, -0.1) is 0 Å². The predicted octanol–water partition coefficient (Wildman–Crippen LogP) is 7.34. The van der Waals surface area contributed by atoms with E-state index in [-0.39, 0.29) is 0 Å². The molecule has 7 rings (SSSR count). The highest BCUT2D eigenvalue weighted by Gasteiger charge is 2.22. The molecule has 0 aliphatic carbocycles. The summed E-state index contributed by atoms with van der Waals surface area (Å²) in [6.07, 6.45) is 0. The summed E-state index contributed by atoms with van der Waals surface area (Å²) in [4.78, 5) is 0. The van der Waals surface area contributed by atoms with E-state index in [4.69, 9.17) is 4.42 Å². The fourth-order valence-corrected chi connectivity index (χ4v) is 5.18. The zero-order valence-electron chi connectivity index (χ0n) is 14.2. The summed E-state index contributed by atoms with van der Waals surface area (Å²) in [5, 5.41) is 7.45. The summed E-state index contributed by atoms with van der Waals surface area (Å²) in [6.45, 7) is 0. The van der Waals surface area contributed by atoms with Crippen LogP contribution < -0.4 is 0 Å². The number of halogens is 1. The molecule has 0 N–H and O–H groups in total. The number of para-hydroxylation sites is 2. The van der Waals surface area contributed by atoms with E-state index in [1.807, 2.05) is 6.07 Å². The van der Waals surface area contributed by atoms with Gasteiger partial charge in [-0.3, -0.25) is 0 Å². The molecule has 0 fully saturated rings. The topological polar surface area (TPSA) is 17.6 Å². The van der Waals surface area contributed by atoms with Gasteiger partial charge < -0.3 is 8.82 Å². The van der Waals surface area contributed by atoms with Crippen LogP contribution in [0.3, 0.4) is 0 Å². The summed E-state index contributed by atoms with van der Waals surface area (Å²) in [5.41, 5.74) is 5.71. The van der Waals surface area contributed by atoms with Gasteiger partial charge in [-0.05, 0) is 52.9 Å². The summed E-state index contributed by atoms with van der Waals surface area (Å²) in [7, 11) is 0. The largest absolute Gasteiger partial charge is 0.455 e. The number of fused-ring (bicyclic) bond motifs is 10. The summed E-state index contributed by atoms with van der Waals surface area (Å²) >= 11 is 2.40. The lowest BCUT2D eigenvalue weighted by atomic mass is 10.0. The Hall–Kier alpha value is -2.79. The average Bonchev–Trinajstić information content (AvgIpc) is 3.33. The first kappa shape index (κ1) is 14.3. The number of hydrogen-bond donors (Lipinski definition) is 0. The number of aromatic nitrogens is 1. The van der Waals surface area contributed by atoms with Crippen LogP contribution in [0, 0.1) is 3.57 Å². The fourth-order valence-electron chi connectivity index (χ4n) is 4.70. The molecular formula is C24H12INO. The Bertz CT molecular complexity index is 1690. The first-order chi connectivity index (χ1) is 13.3. The summed E-state index contributed by atoms with van der Waals surface area (Å²) < 4.78 is 10.0. The van der Waals surface area contributed by atoms with E-state index < -0.39 is 0 Å². The Kier molecular flexibility index (Phi) is 2.50. The molecule has 0 radical (unpaired) electrons. The number of nitrogens with zero attached hydrogens (tertiary/aromatic N) is 1. The molecule has 0 bridgehead atoms. The minimum atomic E-state index is 0.950. The van der Waals surface area contributed by atoms with Gasteiger partial charge in [-0.2, -0.15) is 0 Å². The third-order valence-corrected chi connectivity index (χ3v) is 6.44. The average molecular weight is 457 g/mol. The zero-order valence-corrected chi connectivity index (χ0v) is 16.3. The molecule has 0 atom stereocenters. The minimum absolute atomic E-state index is 0.950. The van der Waals surface area contributed by atoms with Gasteiger partial charge in [0.25, 0.3) is 0 Å². The van der Waals surface area contributed by atoms with Crippen LogP contribution >= 0.6 is 22.6 Å². The highest BCUT2D eigenvalue weighted by molar-refractivity contribution is 14.1.